The second kappa shape index (κ2) is 14.9. The van der Waals surface area contributed by atoms with Gasteiger partial charge in [0.2, 0.25) is 0 Å². The van der Waals surface area contributed by atoms with Gasteiger partial charge in [-0.05, 0) is 119 Å². The third kappa shape index (κ3) is 7.38. The minimum absolute atomic E-state index is 0.555. The lowest BCUT2D eigenvalue weighted by Crippen LogP contribution is -2.30. The Morgan fingerprint density at radius 2 is 0.913 bits per heavy atom. The molecule has 0 aliphatic heterocycles. The molecule has 0 atom stereocenters. The van der Waals surface area contributed by atoms with E-state index in [1.165, 1.54) is 36.2 Å². The van der Waals surface area contributed by atoms with E-state index in [0.717, 1.165) is 30.5 Å². The van der Waals surface area contributed by atoms with Crippen LogP contribution in [-0.4, -0.2) is 17.2 Å². The van der Waals surface area contributed by atoms with Crippen LogP contribution in [0.4, 0.5) is 0 Å². The van der Waals surface area contributed by atoms with Crippen molar-refractivity contribution in [3.8, 4) is 11.1 Å². The molecule has 46 heavy (non-hydrogen) atoms. The average Bonchev–Trinajstić information content (AvgIpc) is 3.08. The van der Waals surface area contributed by atoms with Crippen LogP contribution in [0.25, 0.3) is 54.2 Å². The maximum absolute atomic E-state index is 9.44. The summed E-state index contributed by atoms with van der Waals surface area (Å²) in [5.74, 6) is 0. The number of rotatable bonds is 2. The van der Waals surface area contributed by atoms with E-state index in [2.05, 4.69) is 145 Å². The van der Waals surface area contributed by atoms with Crippen molar-refractivity contribution in [1.82, 2.24) is 0 Å². The van der Waals surface area contributed by atoms with Gasteiger partial charge in [-0.25, -0.2) is 0 Å². The first kappa shape index (κ1) is 32.4. The van der Waals surface area contributed by atoms with Gasteiger partial charge in [0, 0.05) is 12.5 Å². The third-order valence-electron chi connectivity index (χ3n) is 7.77. The smallest absolute Gasteiger partial charge is 0.423 e. The van der Waals surface area contributed by atoms with Gasteiger partial charge in [-0.15, -0.1) is 0 Å². The number of hydrogen-bond donors (Lipinski definition) is 2. The standard InChI is InChI=1S/C20H13Br.C14H11BO2.C6H4BrI/c21-16-8-5-7-14(12-16)20-13-15-6-1-2-9-17(15)18-10-3-4-11-19(18)20;16-15(17)14-9-10-5-1-2-6-11(10)12-7-3-4-8-13(12)14;7-5-2-1-3-6(8)4-5/h1-13H;1-9,16-17H;1-4H. The minimum atomic E-state index is -1.44. The zero-order chi connectivity index (χ0) is 32.0. The topological polar surface area (TPSA) is 40.5 Å². The van der Waals surface area contributed by atoms with Crippen LogP contribution in [0, 0.1) is 3.57 Å². The van der Waals surface area contributed by atoms with Crippen LogP contribution in [-0.2, 0) is 0 Å². The highest BCUT2D eigenvalue weighted by Gasteiger charge is 2.16. The quantitative estimate of drug-likeness (QED) is 0.103. The monoisotopic (exact) mass is 836 g/mol. The molecule has 0 amide bonds. The Morgan fingerprint density at radius 3 is 1.46 bits per heavy atom. The predicted molar refractivity (Wildman–Crippen MR) is 213 cm³/mol. The average molecular weight is 838 g/mol. The molecule has 6 heteroatoms. The Labute approximate surface area is 299 Å². The van der Waals surface area contributed by atoms with Gasteiger partial charge < -0.3 is 10.0 Å². The molecule has 0 saturated carbocycles. The fourth-order valence-corrected chi connectivity index (χ4v) is 7.48. The minimum Gasteiger partial charge on any atom is -0.423 e. The van der Waals surface area contributed by atoms with Crippen molar-refractivity contribution >= 4 is 110 Å². The van der Waals surface area contributed by atoms with Gasteiger partial charge in [-0.3, -0.25) is 0 Å². The Balaban J connectivity index is 0.000000133. The van der Waals surface area contributed by atoms with E-state index < -0.39 is 7.12 Å². The van der Waals surface area contributed by atoms with Crippen LogP contribution < -0.4 is 5.46 Å². The molecule has 0 fully saturated rings. The zero-order valence-corrected chi connectivity index (χ0v) is 29.9. The maximum Gasteiger partial charge on any atom is 0.489 e. The van der Waals surface area contributed by atoms with Crippen molar-refractivity contribution in [1.29, 1.82) is 0 Å². The fraction of sp³-hybridized carbons (Fsp3) is 0. The van der Waals surface area contributed by atoms with E-state index >= 15 is 0 Å². The van der Waals surface area contributed by atoms with Crippen molar-refractivity contribution in [3.05, 3.63) is 170 Å². The van der Waals surface area contributed by atoms with Gasteiger partial charge >= 0.3 is 7.12 Å². The highest BCUT2D eigenvalue weighted by molar-refractivity contribution is 14.1. The summed E-state index contributed by atoms with van der Waals surface area (Å²) in [6.45, 7) is 0. The summed E-state index contributed by atoms with van der Waals surface area (Å²) in [5, 5.41) is 28.2. The zero-order valence-electron chi connectivity index (χ0n) is 24.6. The Hall–Kier alpha value is -3.53. The Kier molecular flexibility index (Phi) is 10.5. The molecule has 0 unspecified atom stereocenters. The molecule has 2 nitrogen and oxygen atoms in total. The van der Waals surface area contributed by atoms with Crippen LogP contribution in [0.1, 0.15) is 0 Å². The van der Waals surface area contributed by atoms with Gasteiger partial charge in [-0.2, -0.15) is 0 Å². The second-order valence-corrected chi connectivity index (χ2v) is 13.8. The lowest BCUT2D eigenvalue weighted by atomic mass is 9.76. The van der Waals surface area contributed by atoms with Crippen LogP contribution in [0.15, 0.2) is 167 Å². The van der Waals surface area contributed by atoms with E-state index in [9.17, 15) is 10.0 Å². The number of benzene rings is 8. The van der Waals surface area contributed by atoms with Crippen molar-refractivity contribution in [2.75, 3.05) is 0 Å². The molecule has 224 valence electrons. The summed E-state index contributed by atoms with van der Waals surface area (Å²) in [7, 11) is -1.44. The van der Waals surface area contributed by atoms with E-state index in [1.807, 2.05) is 66.7 Å². The van der Waals surface area contributed by atoms with Gasteiger partial charge in [0.15, 0.2) is 0 Å². The largest absolute Gasteiger partial charge is 0.489 e. The van der Waals surface area contributed by atoms with E-state index in [-0.39, 0.29) is 0 Å². The van der Waals surface area contributed by atoms with Crippen molar-refractivity contribution in [2.45, 2.75) is 0 Å². The number of hydrogen-bond acceptors (Lipinski definition) is 2. The number of halogens is 3. The Bertz CT molecular complexity index is 2290. The molecule has 8 aromatic carbocycles. The maximum atomic E-state index is 9.44. The molecule has 0 radical (unpaired) electrons. The van der Waals surface area contributed by atoms with E-state index in [0.29, 0.717) is 5.46 Å². The summed E-state index contributed by atoms with van der Waals surface area (Å²) in [4.78, 5) is 0. The molecule has 8 rings (SSSR count). The van der Waals surface area contributed by atoms with Crippen LogP contribution in [0.2, 0.25) is 0 Å². The van der Waals surface area contributed by atoms with Crippen molar-refractivity contribution in [3.63, 3.8) is 0 Å². The van der Waals surface area contributed by atoms with E-state index in [1.54, 1.807) is 0 Å². The highest BCUT2D eigenvalue weighted by atomic mass is 127. The first-order chi connectivity index (χ1) is 22.4. The van der Waals surface area contributed by atoms with Crippen LogP contribution in [0.5, 0.6) is 0 Å². The SMILES string of the molecule is Brc1cccc(-c2cc3ccccc3c3ccccc23)c1.Brc1cccc(I)c1.OB(O)c1cc2ccccc2c2ccccc12. The summed E-state index contributed by atoms with van der Waals surface area (Å²) in [6, 6.07) is 53.8. The molecule has 0 spiro atoms. The molecule has 0 bridgehead atoms. The van der Waals surface area contributed by atoms with Gasteiger partial charge in [-0.1, -0.05) is 153 Å². The van der Waals surface area contributed by atoms with Crippen molar-refractivity contribution in [2.24, 2.45) is 0 Å². The number of fused-ring (bicyclic) bond motifs is 6. The summed E-state index contributed by atoms with van der Waals surface area (Å²) >= 11 is 9.21. The van der Waals surface area contributed by atoms with E-state index in [4.69, 9.17) is 0 Å². The summed E-state index contributed by atoms with van der Waals surface area (Å²) < 4.78 is 3.51. The highest BCUT2D eigenvalue weighted by Crippen LogP contribution is 2.35. The predicted octanol–water partition coefficient (Wildman–Crippen LogP) is 11.1. The third-order valence-corrected chi connectivity index (χ3v) is 9.43. The molecule has 8 aromatic rings. The molecule has 0 aromatic heterocycles. The van der Waals surface area contributed by atoms with Gasteiger partial charge in [0.25, 0.3) is 0 Å². The molecule has 0 heterocycles. The molecular weight excluding hydrogens is 810 g/mol. The molecule has 0 aliphatic carbocycles. The van der Waals surface area contributed by atoms with Crippen LogP contribution >= 0.6 is 54.5 Å². The molecule has 2 N–H and O–H groups in total. The van der Waals surface area contributed by atoms with Gasteiger partial charge in [0.1, 0.15) is 0 Å². The Morgan fingerprint density at radius 1 is 0.435 bits per heavy atom. The summed E-state index contributed by atoms with van der Waals surface area (Å²) in [6.07, 6.45) is 0. The molecular formula is C40H28BBr2IO2. The first-order valence-electron chi connectivity index (χ1n) is 14.7. The van der Waals surface area contributed by atoms with Crippen LogP contribution in [0.3, 0.4) is 0 Å². The first-order valence-corrected chi connectivity index (χ1v) is 17.4. The molecule has 0 saturated heterocycles. The summed E-state index contributed by atoms with van der Waals surface area (Å²) in [5.41, 5.74) is 3.08. The lowest BCUT2D eigenvalue weighted by Gasteiger charge is -2.11. The second-order valence-electron chi connectivity index (χ2n) is 10.7. The normalized spacial score (nSPS) is 10.7. The lowest BCUT2D eigenvalue weighted by molar-refractivity contribution is 0.426. The van der Waals surface area contributed by atoms with Crippen molar-refractivity contribution < 1.29 is 10.0 Å². The molecule has 0 aliphatic rings. The fourth-order valence-electron chi connectivity index (χ4n) is 5.71. The van der Waals surface area contributed by atoms with Gasteiger partial charge in [0.05, 0.1) is 0 Å².